The van der Waals surface area contributed by atoms with E-state index in [4.69, 9.17) is 19.4 Å². The fourth-order valence-electron chi connectivity index (χ4n) is 4.84. The second kappa shape index (κ2) is 11.2. The van der Waals surface area contributed by atoms with Gasteiger partial charge in [-0.05, 0) is 63.9 Å². The third-order valence-corrected chi connectivity index (χ3v) is 6.99. The van der Waals surface area contributed by atoms with Gasteiger partial charge in [-0.25, -0.2) is 19.3 Å². The van der Waals surface area contributed by atoms with E-state index in [1.165, 1.54) is 31.4 Å². The van der Waals surface area contributed by atoms with Crippen molar-refractivity contribution in [2.75, 3.05) is 18.5 Å². The van der Waals surface area contributed by atoms with Crippen molar-refractivity contribution in [2.24, 2.45) is 5.41 Å². The normalized spacial score (nSPS) is 22.4. The highest BCUT2D eigenvalue weighted by Gasteiger charge is 2.41. The molecule has 3 N–H and O–H groups in total. The highest BCUT2D eigenvalue weighted by atomic mass is 19.1. The largest absolute Gasteiger partial charge is 0.353 e. The van der Waals surface area contributed by atoms with Crippen molar-refractivity contribution >= 4 is 11.9 Å². The summed E-state index contributed by atoms with van der Waals surface area (Å²) in [5.74, 6) is 0.570. The van der Waals surface area contributed by atoms with E-state index in [1.807, 2.05) is 26.8 Å². The summed E-state index contributed by atoms with van der Waals surface area (Å²) in [6.45, 7) is 6.01. The number of amides is 1. The van der Waals surface area contributed by atoms with E-state index in [1.54, 1.807) is 18.3 Å². The van der Waals surface area contributed by atoms with E-state index in [0.717, 1.165) is 18.4 Å². The lowest BCUT2D eigenvalue weighted by Gasteiger charge is -2.35. The first-order valence-electron chi connectivity index (χ1n) is 13.3. The van der Waals surface area contributed by atoms with Gasteiger partial charge in [0.1, 0.15) is 5.82 Å². The lowest BCUT2D eigenvalue weighted by molar-refractivity contribution is -0.231. The van der Waals surface area contributed by atoms with Gasteiger partial charge in [0.25, 0.3) is 0 Å². The molecule has 2 fully saturated rings. The van der Waals surface area contributed by atoms with Crippen LogP contribution in [0.2, 0.25) is 0 Å². The van der Waals surface area contributed by atoms with Crippen molar-refractivity contribution in [3.05, 3.63) is 48.2 Å². The minimum absolute atomic E-state index is 0.0216. The number of carbonyl (C=O) groups excluding carboxylic acids is 1. The average molecular weight is 523 g/mol. The molecule has 1 amide bonds. The molecule has 10 heteroatoms. The average Bonchev–Trinajstić information content (AvgIpc) is 3.35. The van der Waals surface area contributed by atoms with Crippen LogP contribution in [0.25, 0.3) is 22.6 Å². The number of rotatable bonds is 7. The van der Waals surface area contributed by atoms with Gasteiger partial charge in [-0.15, -0.1) is 0 Å². The highest BCUT2D eigenvalue weighted by Crippen LogP contribution is 2.36. The van der Waals surface area contributed by atoms with E-state index < -0.39 is 11.7 Å². The number of benzene rings is 1. The van der Waals surface area contributed by atoms with E-state index in [0.29, 0.717) is 34.9 Å². The Morgan fingerprint density at radius 3 is 2.47 bits per heavy atom. The van der Waals surface area contributed by atoms with Gasteiger partial charge in [0.05, 0.1) is 35.7 Å². The fourth-order valence-corrected chi connectivity index (χ4v) is 4.84. The van der Waals surface area contributed by atoms with Crippen LogP contribution in [0.3, 0.4) is 0 Å². The number of H-pyrrole nitrogens is 1. The van der Waals surface area contributed by atoms with Gasteiger partial charge < -0.3 is 25.1 Å². The summed E-state index contributed by atoms with van der Waals surface area (Å²) in [5.41, 5.74) is 1.82. The van der Waals surface area contributed by atoms with Crippen LogP contribution in [0.4, 0.5) is 10.3 Å². The Morgan fingerprint density at radius 1 is 1.08 bits per heavy atom. The number of hydrogen-bond acceptors (Lipinski definition) is 7. The summed E-state index contributed by atoms with van der Waals surface area (Å²) < 4.78 is 25.7. The molecule has 1 aliphatic carbocycles. The summed E-state index contributed by atoms with van der Waals surface area (Å²) in [5, 5.41) is 6.40. The molecular weight excluding hydrogens is 487 g/mol. The van der Waals surface area contributed by atoms with Crippen LogP contribution in [0, 0.1) is 11.2 Å². The van der Waals surface area contributed by atoms with Gasteiger partial charge in [0, 0.05) is 23.8 Å². The molecule has 9 nitrogen and oxygen atoms in total. The predicted octanol–water partition coefficient (Wildman–Crippen LogP) is 4.99. The van der Waals surface area contributed by atoms with Crippen molar-refractivity contribution < 1.29 is 18.7 Å². The molecule has 1 aromatic carbocycles. The van der Waals surface area contributed by atoms with E-state index in [-0.39, 0.29) is 31.0 Å². The van der Waals surface area contributed by atoms with Crippen LogP contribution in [-0.4, -0.2) is 51.1 Å². The summed E-state index contributed by atoms with van der Waals surface area (Å²) >= 11 is 0. The quantitative estimate of drug-likeness (QED) is 0.400. The number of imidazole rings is 1. The monoisotopic (exact) mass is 522 g/mol. The van der Waals surface area contributed by atoms with E-state index in [2.05, 4.69) is 20.6 Å². The maximum Gasteiger partial charge on any atom is 0.230 e. The first-order valence-corrected chi connectivity index (χ1v) is 13.3. The molecule has 202 valence electrons. The van der Waals surface area contributed by atoms with Crippen molar-refractivity contribution in [3.63, 3.8) is 0 Å². The molecular formula is C28H35FN6O3. The first-order chi connectivity index (χ1) is 18.3. The zero-order valence-electron chi connectivity index (χ0n) is 22.1. The topological polar surface area (TPSA) is 114 Å². The molecule has 1 saturated heterocycles. The molecule has 0 radical (unpaired) electrons. The zero-order valence-corrected chi connectivity index (χ0v) is 22.1. The standard InChI is InChI=1S/C28H35FN6O3/c1-17(2)31-26(36)28(3)15-37-25(38-16-28)24-34-22(18-9-11-19(29)12-10-18)23(35-24)21-13-14-30-27(33-21)32-20-7-5-4-6-8-20/h9-14,17,20,25H,4-8,15-16H2,1-3H3,(H,31,36)(H,34,35)(H,30,32,33). The molecule has 38 heavy (non-hydrogen) atoms. The van der Waals surface area contributed by atoms with Crippen molar-refractivity contribution in [3.8, 4) is 22.6 Å². The van der Waals surface area contributed by atoms with Crippen molar-refractivity contribution in [1.82, 2.24) is 25.3 Å². The summed E-state index contributed by atoms with van der Waals surface area (Å²) in [6, 6.07) is 8.35. The Kier molecular flexibility index (Phi) is 7.71. The number of ether oxygens (including phenoxy) is 2. The van der Waals surface area contributed by atoms with Gasteiger partial charge in [-0.3, -0.25) is 4.79 Å². The minimum atomic E-state index is -0.803. The molecule has 0 atom stereocenters. The van der Waals surface area contributed by atoms with Gasteiger partial charge in [0.2, 0.25) is 18.1 Å². The number of anilines is 1. The highest BCUT2D eigenvalue weighted by molar-refractivity contribution is 5.83. The third-order valence-electron chi connectivity index (χ3n) is 6.99. The predicted molar refractivity (Wildman–Crippen MR) is 142 cm³/mol. The number of halogens is 1. The van der Waals surface area contributed by atoms with Crippen LogP contribution in [-0.2, 0) is 14.3 Å². The number of aromatic amines is 1. The molecule has 2 aromatic heterocycles. The summed E-state index contributed by atoms with van der Waals surface area (Å²) in [7, 11) is 0. The minimum Gasteiger partial charge on any atom is -0.353 e. The number of aromatic nitrogens is 4. The molecule has 3 heterocycles. The molecule has 1 aliphatic heterocycles. The lowest BCUT2D eigenvalue weighted by Crippen LogP contribution is -2.50. The lowest BCUT2D eigenvalue weighted by atomic mass is 9.90. The van der Waals surface area contributed by atoms with Gasteiger partial charge >= 0.3 is 0 Å². The Labute approximate surface area is 222 Å². The Hall–Kier alpha value is -3.37. The Bertz CT molecular complexity index is 1250. The molecule has 0 spiro atoms. The van der Waals surface area contributed by atoms with Gasteiger partial charge in [0.15, 0.2) is 5.82 Å². The SMILES string of the molecule is CC(C)NC(=O)C1(C)COC(c2nc(-c3ccc(F)cc3)c(-c3ccnc(NC4CCCCC4)n3)[nH]2)OC1. The first kappa shape index (κ1) is 26.2. The number of nitrogens with one attached hydrogen (secondary N) is 3. The number of hydrogen-bond donors (Lipinski definition) is 3. The second-order valence-corrected chi connectivity index (χ2v) is 10.7. The molecule has 3 aromatic rings. The molecule has 0 unspecified atom stereocenters. The van der Waals surface area contributed by atoms with Gasteiger partial charge in [-0.2, -0.15) is 0 Å². The summed E-state index contributed by atoms with van der Waals surface area (Å²) in [4.78, 5) is 30.0. The van der Waals surface area contributed by atoms with E-state index in [9.17, 15) is 9.18 Å². The fraction of sp³-hybridized carbons (Fsp3) is 0.500. The van der Waals surface area contributed by atoms with Crippen LogP contribution in [0.15, 0.2) is 36.5 Å². The van der Waals surface area contributed by atoms with Crippen molar-refractivity contribution in [1.29, 1.82) is 0 Å². The van der Waals surface area contributed by atoms with Crippen LogP contribution < -0.4 is 10.6 Å². The molecule has 0 bridgehead atoms. The van der Waals surface area contributed by atoms with Crippen molar-refractivity contribution in [2.45, 2.75) is 71.2 Å². The smallest absolute Gasteiger partial charge is 0.230 e. The number of carbonyl (C=O) groups is 1. The molecule has 2 aliphatic rings. The zero-order chi connectivity index (χ0) is 26.7. The Balaban J connectivity index is 1.42. The second-order valence-electron chi connectivity index (χ2n) is 10.7. The van der Waals surface area contributed by atoms with Crippen LogP contribution >= 0.6 is 0 Å². The van der Waals surface area contributed by atoms with Gasteiger partial charge in [-0.1, -0.05) is 19.3 Å². The summed E-state index contributed by atoms with van der Waals surface area (Å²) in [6.07, 6.45) is 6.81. The molecule has 1 saturated carbocycles. The maximum atomic E-state index is 13.7. The molecule has 5 rings (SSSR count). The maximum absolute atomic E-state index is 13.7. The third kappa shape index (κ3) is 5.86. The van der Waals surface area contributed by atoms with Crippen LogP contribution in [0.5, 0.6) is 0 Å². The Morgan fingerprint density at radius 2 is 1.79 bits per heavy atom. The number of nitrogens with zero attached hydrogens (tertiary/aromatic N) is 3. The van der Waals surface area contributed by atoms with Crippen LogP contribution in [0.1, 0.15) is 65.0 Å². The van der Waals surface area contributed by atoms with E-state index >= 15 is 0 Å².